The highest BCUT2D eigenvalue weighted by molar-refractivity contribution is 7.89. The predicted molar refractivity (Wildman–Crippen MR) is 85.0 cm³/mol. The van der Waals surface area contributed by atoms with Crippen molar-refractivity contribution < 1.29 is 17.9 Å². The fraction of sp³-hybridized carbons (Fsp3) is 0.600. The van der Waals surface area contributed by atoms with Crippen LogP contribution >= 0.6 is 0 Å². The molecular formula is C15H24N2O4S. The molecule has 1 fully saturated rings. The van der Waals surface area contributed by atoms with Crippen LogP contribution in [0.15, 0.2) is 23.1 Å². The van der Waals surface area contributed by atoms with Crippen molar-refractivity contribution in [1.82, 2.24) is 9.21 Å². The van der Waals surface area contributed by atoms with Crippen molar-refractivity contribution in [3.63, 3.8) is 0 Å². The van der Waals surface area contributed by atoms with Gasteiger partial charge < -0.3 is 14.4 Å². The topological polar surface area (TPSA) is 59.1 Å². The van der Waals surface area contributed by atoms with Crippen LogP contribution in [0, 0.1) is 0 Å². The molecule has 0 atom stereocenters. The van der Waals surface area contributed by atoms with Gasteiger partial charge in [0.05, 0.1) is 19.1 Å². The molecule has 1 saturated heterocycles. The lowest BCUT2D eigenvalue weighted by Gasteiger charge is -2.34. The van der Waals surface area contributed by atoms with Crippen molar-refractivity contribution in [1.29, 1.82) is 0 Å². The number of nitrogens with zero attached hydrogens (tertiary/aromatic N) is 2. The highest BCUT2D eigenvalue weighted by Gasteiger charge is 2.30. The molecule has 0 unspecified atom stereocenters. The second-order valence-corrected chi connectivity index (χ2v) is 7.55. The minimum absolute atomic E-state index is 0.244. The van der Waals surface area contributed by atoms with Crippen LogP contribution in [0.25, 0.3) is 0 Å². The third kappa shape index (κ3) is 3.37. The van der Waals surface area contributed by atoms with Gasteiger partial charge in [0.2, 0.25) is 10.0 Å². The minimum Gasteiger partial charge on any atom is -0.493 e. The molecular weight excluding hydrogens is 304 g/mol. The van der Waals surface area contributed by atoms with Crippen LogP contribution in [0.3, 0.4) is 0 Å². The zero-order valence-corrected chi connectivity index (χ0v) is 14.4. The smallest absolute Gasteiger partial charge is 0.243 e. The van der Waals surface area contributed by atoms with E-state index in [9.17, 15) is 8.42 Å². The molecule has 0 radical (unpaired) electrons. The van der Waals surface area contributed by atoms with Gasteiger partial charge in [-0.3, -0.25) is 0 Å². The molecule has 0 N–H and O–H groups in total. The van der Waals surface area contributed by atoms with E-state index in [0.717, 1.165) is 12.8 Å². The summed E-state index contributed by atoms with van der Waals surface area (Å²) in [6, 6.07) is 5.15. The summed E-state index contributed by atoms with van der Waals surface area (Å²) in [6.07, 6.45) is 1.69. The van der Waals surface area contributed by atoms with Crippen LogP contribution in [0.2, 0.25) is 0 Å². The average molecular weight is 328 g/mol. The number of rotatable bonds is 5. The highest BCUT2D eigenvalue weighted by Crippen LogP contribution is 2.31. The van der Waals surface area contributed by atoms with Crippen LogP contribution < -0.4 is 9.47 Å². The zero-order chi connectivity index (χ0) is 16.3. The monoisotopic (exact) mass is 328 g/mol. The van der Waals surface area contributed by atoms with Crippen molar-refractivity contribution in [2.24, 2.45) is 0 Å². The molecule has 0 bridgehead atoms. The van der Waals surface area contributed by atoms with E-state index in [1.807, 2.05) is 14.1 Å². The molecule has 22 heavy (non-hydrogen) atoms. The van der Waals surface area contributed by atoms with Crippen molar-refractivity contribution in [2.75, 3.05) is 41.4 Å². The number of sulfonamides is 1. The number of hydrogen-bond donors (Lipinski definition) is 0. The Morgan fingerprint density at radius 2 is 1.68 bits per heavy atom. The van der Waals surface area contributed by atoms with Crippen LogP contribution in [-0.2, 0) is 10.0 Å². The maximum atomic E-state index is 12.7. The molecule has 1 aliphatic rings. The molecule has 0 amide bonds. The van der Waals surface area contributed by atoms with E-state index in [1.54, 1.807) is 16.4 Å². The van der Waals surface area contributed by atoms with Gasteiger partial charge in [-0.2, -0.15) is 4.31 Å². The summed E-state index contributed by atoms with van der Waals surface area (Å²) in [6.45, 7) is 1.08. The van der Waals surface area contributed by atoms with E-state index in [0.29, 0.717) is 30.6 Å². The van der Waals surface area contributed by atoms with E-state index in [1.165, 1.54) is 20.3 Å². The lowest BCUT2D eigenvalue weighted by atomic mass is 10.1. The predicted octanol–water partition coefficient (Wildman–Crippen LogP) is 1.42. The number of benzene rings is 1. The zero-order valence-electron chi connectivity index (χ0n) is 13.6. The van der Waals surface area contributed by atoms with Gasteiger partial charge in [0.1, 0.15) is 0 Å². The Morgan fingerprint density at radius 1 is 1.09 bits per heavy atom. The van der Waals surface area contributed by atoms with E-state index in [-0.39, 0.29) is 4.90 Å². The lowest BCUT2D eigenvalue weighted by Crippen LogP contribution is -2.44. The summed E-state index contributed by atoms with van der Waals surface area (Å²) >= 11 is 0. The molecule has 124 valence electrons. The Bertz CT molecular complexity index is 608. The summed E-state index contributed by atoms with van der Waals surface area (Å²) in [4.78, 5) is 2.40. The van der Waals surface area contributed by atoms with Gasteiger partial charge in [0.15, 0.2) is 11.5 Å². The van der Waals surface area contributed by atoms with Gasteiger partial charge in [-0.25, -0.2) is 8.42 Å². The molecule has 1 heterocycles. The molecule has 0 spiro atoms. The quantitative estimate of drug-likeness (QED) is 0.818. The first-order chi connectivity index (χ1) is 10.4. The van der Waals surface area contributed by atoms with Gasteiger partial charge in [-0.15, -0.1) is 0 Å². The van der Waals surface area contributed by atoms with Crippen molar-refractivity contribution >= 4 is 10.0 Å². The second kappa shape index (κ2) is 6.85. The molecule has 1 aromatic carbocycles. The number of hydrogen-bond acceptors (Lipinski definition) is 5. The third-order valence-corrected chi connectivity index (χ3v) is 6.04. The fourth-order valence-electron chi connectivity index (χ4n) is 2.72. The van der Waals surface area contributed by atoms with Gasteiger partial charge in [0, 0.05) is 25.2 Å². The van der Waals surface area contributed by atoms with Crippen LogP contribution in [0.4, 0.5) is 0 Å². The Labute approximate surface area is 132 Å². The summed E-state index contributed by atoms with van der Waals surface area (Å²) in [5, 5.41) is 0. The molecule has 7 heteroatoms. The van der Waals surface area contributed by atoms with Gasteiger partial charge in [0.25, 0.3) is 0 Å². The molecule has 0 aliphatic carbocycles. The summed E-state index contributed by atoms with van der Waals surface area (Å²) in [5.41, 5.74) is 0. The Hall–Kier alpha value is -1.31. The first-order valence-electron chi connectivity index (χ1n) is 7.28. The standard InChI is InChI=1S/C15H24N2O4S/c1-16(2)12-7-9-17(10-8-12)22(18,19)13-5-6-14(20-3)15(11-13)21-4/h5-6,11-12H,7-10H2,1-4H3. The van der Waals surface area contributed by atoms with Crippen molar-refractivity contribution in [3.8, 4) is 11.5 Å². The normalized spacial score (nSPS) is 17.7. The van der Waals surface area contributed by atoms with E-state index < -0.39 is 10.0 Å². The first kappa shape index (κ1) is 17.1. The van der Waals surface area contributed by atoms with Gasteiger partial charge in [-0.1, -0.05) is 0 Å². The van der Waals surface area contributed by atoms with Crippen LogP contribution in [0.1, 0.15) is 12.8 Å². The van der Waals surface area contributed by atoms with Crippen molar-refractivity contribution in [2.45, 2.75) is 23.8 Å². The Morgan fingerprint density at radius 3 is 2.18 bits per heavy atom. The molecule has 2 rings (SSSR count). The van der Waals surface area contributed by atoms with Gasteiger partial charge in [-0.05, 0) is 39.1 Å². The van der Waals surface area contributed by atoms with Gasteiger partial charge >= 0.3 is 0 Å². The number of piperidine rings is 1. The van der Waals surface area contributed by atoms with Crippen LogP contribution in [0.5, 0.6) is 11.5 Å². The largest absolute Gasteiger partial charge is 0.493 e. The maximum absolute atomic E-state index is 12.7. The molecule has 0 saturated carbocycles. The van der Waals surface area contributed by atoms with Crippen LogP contribution in [-0.4, -0.2) is 65.1 Å². The van der Waals surface area contributed by atoms with E-state index >= 15 is 0 Å². The molecule has 1 aromatic rings. The summed E-state index contributed by atoms with van der Waals surface area (Å²) in [5.74, 6) is 0.944. The lowest BCUT2D eigenvalue weighted by molar-refractivity contribution is 0.196. The fourth-order valence-corrected chi connectivity index (χ4v) is 4.21. The first-order valence-corrected chi connectivity index (χ1v) is 8.72. The third-order valence-electron chi connectivity index (χ3n) is 4.15. The number of ether oxygens (including phenoxy) is 2. The molecule has 1 aliphatic heterocycles. The Balaban J connectivity index is 2.21. The average Bonchev–Trinajstić information content (AvgIpc) is 2.54. The summed E-state index contributed by atoms with van der Waals surface area (Å²) < 4.78 is 37.4. The van der Waals surface area contributed by atoms with E-state index in [2.05, 4.69) is 4.90 Å². The SMILES string of the molecule is COc1ccc(S(=O)(=O)N2CCC(N(C)C)CC2)cc1OC. The highest BCUT2D eigenvalue weighted by atomic mass is 32.2. The molecule has 0 aromatic heterocycles. The van der Waals surface area contributed by atoms with E-state index in [4.69, 9.17) is 9.47 Å². The Kier molecular flexibility index (Phi) is 5.31. The van der Waals surface area contributed by atoms with Crippen molar-refractivity contribution in [3.05, 3.63) is 18.2 Å². The minimum atomic E-state index is -3.49. The maximum Gasteiger partial charge on any atom is 0.243 e. The second-order valence-electron chi connectivity index (χ2n) is 5.62. The number of methoxy groups -OCH3 is 2. The molecule has 6 nitrogen and oxygen atoms in total. The summed E-state index contributed by atoms with van der Waals surface area (Å²) in [7, 11) is 3.60.